The third-order valence-corrected chi connectivity index (χ3v) is 4.89. The molecule has 1 aromatic heterocycles. The van der Waals surface area contributed by atoms with Gasteiger partial charge in [0.2, 0.25) is 0 Å². The van der Waals surface area contributed by atoms with Crippen molar-refractivity contribution < 1.29 is 9.53 Å². The van der Waals surface area contributed by atoms with E-state index in [2.05, 4.69) is 31.4 Å². The largest absolute Gasteiger partial charge is 0.484 e. The average Bonchev–Trinajstić information content (AvgIpc) is 3.15. The highest BCUT2D eigenvalue weighted by Crippen LogP contribution is 2.22. The lowest BCUT2D eigenvalue weighted by Gasteiger charge is -2.06. The van der Waals surface area contributed by atoms with Crippen molar-refractivity contribution in [2.75, 3.05) is 6.61 Å². The molecule has 1 amide bonds. The number of halogens is 1. The average molecular weight is 448 g/mol. The maximum Gasteiger partial charge on any atom is 0.277 e. The third kappa shape index (κ3) is 4.73. The van der Waals surface area contributed by atoms with E-state index in [4.69, 9.17) is 4.74 Å². The number of rotatable bonds is 6. The van der Waals surface area contributed by atoms with Gasteiger partial charge in [-0.05, 0) is 41.5 Å². The smallest absolute Gasteiger partial charge is 0.277 e. The monoisotopic (exact) mass is 447 g/mol. The van der Waals surface area contributed by atoms with E-state index in [0.717, 1.165) is 32.1 Å². The van der Waals surface area contributed by atoms with Crippen LogP contribution in [0.1, 0.15) is 5.56 Å². The van der Waals surface area contributed by atoms with Crippen LogP contribution in [-0.2, 0) is 4.79 Å². The zero-order chi connectivity index (χ0) is 20.1. The van der Waals surface area contributed by atoms with Crippen LogP contribution >= 0.6 is 15.9 Å². The van der Waals surface area contributed by atoms with Crippen molar-refractivity contribution in [2.45, 2.75) is 0 Å². The molecule has 0 saturated heterocycles. The number of hydrogen-bond donors (Lipinski definition) is 2. The van der Waals surface area contributed by atoms with Crippen molar-refractivity contribution >= 4 is 39.0 Å². The maximum absolute atomic E-state index is 12.0. The number of nitrogens with one attached hydrogen (secondary N) is 2. The number of ether oxygens (including phenoxy) is 1. The molecule has 0 saturated carbocycles. The van der Waals surface area contributed by atoms with Gasteiger partial charge in [-0.15, -0.1) is 0 Å². The summed E-state index contributed by atoms with van der Waals surface area (Å²) in [6.07, 6.45) is 3.45. The number of carbonyl (C=O) groups excluding carboxylic acids is 1. The molecular formula is C23H18BrN3O2. The highest BCUT2D eigenvalue weighted by Gasteiger charge is 2.04. The lowest BCUT2D eigenvalue weighted by molar-refractivity contribution is -0.123. The van der Waals surface area contributed by atoms with E-state index in [1.54, 1.807) is 6.21 Å². The first-order chi connectivity index (χ1) is 14.2. The van der Waals surface area contributed by atoms with Crippen LogP contribution in [0.5, 0.6) is 5.75 Å². The maximum atomic E-state index is 12.0. The molecule has 0 atom stereocenters. The Balaban J connectivity index is 1.31. The number of hydrazone groups is 1. The van der Waals surface area contributed by atoms with E-state index in [1.807, 2.05) is 79.0 Å². The van der Waals surface area contributed by atoms with E-state index >= 15 is 0 Å². The van der Waals surface area contributed by atoms with Gasteiger partial charge in [0.1, 0.15) is 5.75 Å². The van der Waals surface area contributed by atoms with Crippen LogP contribution in [-0.4, -0.2) is 23.7 Å². The SMILES string of the molecule is O=C(COc1ccc(-c2ccccc2)cc1)NN=Cc1c[nH]c2ccc(Br)cc12. The molecular weight excluding hydrogens is 430 g/mol. The minimum Gasteiger partial charge on any atom is -0.484 e. The Bertz CT molecular complexity index is 1150. The fraction of sp³-hybridized carbons (Fsp3) is 0.0435. The predicted octanol–water partition coefficient (Wildman–Crippen LogP) is 5.13. The van der Waals surface area contributed by atoms with Crippen LogP contribution in [0.15, 0.2) is 88.6 Å². The summed E-state index contributed by atoms with van der Waals surface area (Å²) in [5.74, 6) is 0.305. The van der Waals surface area contributed by atoms with Crippen LogP contribution in [0.25, 0.3) is 22.0 Å². The zero-order valence-corrected chi connectivity index (χ0v) is 17.0. The van der Waals surface area contributed by atoms with E-state index in [-0.39, 0.29) is 12.5 Å². The number of carbonyl (C=O) groups is 1. The van der Waals surface area contributed by atoms with Crippen LogP contribution in [0.2, 0.25) is 0 Å². The Hall–Kier alpha value is -3.38. The summed E-state index contributed by atoms with van der Waals surface area (Å²) < 4.78 is 6.52. The molecule has 4 rings (SSSR count). The van der Waals surface area contributed by atoms with Crippen molar-refractivity contribution in [1.82, 2.24) is 10.4 Å². The zero-order valence-electron chi connectivity index (χ0n) is 15.4. The molecule has 144 valence electrons. The van der Waals surface area contributed by atoms with E-state index in [0.29, 0.717) is 5.75 Å². The fourth-order valence-electron chi connectivity index (χ4n) is 2.95. The van der Waals surface area contributed by atoms with Gasteiger partial charge in [0.15, 0.2) is 6.61 Å². The molecule has 0 spiro atoms. The molecule has 5 nitrogen and oxygen atoms in total. The predicted molar refractivity (Wildman–Crippen MR) is 119 cm³/mol. The molecule has 0 bridgehead atoms. The Morgan fingerprint density at radius 3 is 2.59 bits per heavy atom. The first-order valence-corrected chi connectivity index (χ1v) is 9.85. The van der Waals surface area contributed by atoms with Gasteiger partial charge in [-0.2, -0.15) is 5.10 Å². The molecule has 0 fully saturated rings. The third-order valence-electron chi connectivity index (χ3n) is 4.40. The summed E-state index contributed by atoms with van der Waals surface area (Å²) in [6.45, 7) is -0.110. The molecule has 6 heteroatoms. The van der Waals surface area contributed by atoms with Gasteiger partial charge in [-0.3, -0.25) is 4.79 Å². The molecule has 0 unspecified atom stereocenters. The van der Waals surface area contributed by atoms with Gasteiger partial charge < -0.3 is 9.72 Å². The summed E-state index contributed by atoms with van der Waals surface area (Å²) in [6, 6.07) is 23.7. The van der Waals surface area contributed by atoms with Crippen LogP contribution < -0.4 is 10.2 Å². The number of benzene rings is 3. The molecule has 29 heavy (non-hydrogen) atoms. The molecule has 2 N–H and O–H groups in total. The molecule has 0 aliphatic rings. The highest BCUT2D eigenvalue weighted by atomic mass is 79.9. The summed E-state index contributed by atoms with van der Waals surface area (Å²) in [5.41, 5.74) is 6.61. The van der Waals surface area contributed by atoms with Crippen LogP contribution in [0, 0.1) is 0 Å². The van der Waals surface area contributed by atoms with Gasteiger partial charge >= 0.3 is 0 Å². The minimum absolute atomic E-state index is 0.110. The number of fused-ring (bicyclic) bond motifs is 1. The molecule has 4 aromatic rings. The number of nitrogens with zero attached hydrogens (tertiary/aromatic N) is 1. The Labute approximate surface area is 176 Å². The fourth-order valence-corrected chi connectivity index (χ4v) is 3.31. The lowest BCUT2D eigenvalue weighted by atomic mass is 10.1. The normalized spacial score (nSPS) is 11.1. The van der Waals surface area contributed by atoms with E-state index in [9.17, 15) is 4.79 Å². The van der Waals surface area contributed by atoms with Crippen molar-refractivity contribution in [1.29, 1.82) is 0 Å². The van der Waals surface area contributed by atoms with Gasteiger partial charge in [-0.25, -0.2) is 5.43 Å². The van der Waals surface area contributed by atoms with Gasteiger partial charge in [0.25, 0.3) is 5.91 Å². The van der Waals surface area contributed by atoms with Crippen molar-refractivity contribution in [3.05, 3.63) is 89.0 Å². The molecule has 0 radical (unpaired) electrons. The standard InChI is InChI=1S/C23H18BrN3O2/c24-19-8-11-22-21(12-19)18(13-25-22)14-26-27-23(28)15-29-20-9-6-17(7-10-20)16-4-2-1-3-5-16/h1-14,25H,15H2,(H,27,28). The second-order valence-corrected chi connectivity index (χ2v) is 7.32. The van der Waals surface area contributed by atoms with E-state index in [1.165, 1.54) is 0 Å². The molecule has 1 heterocycles. The highest BCUT2D eigenvalue weighted by molar-refractivity contribution is 9.10. The summed E-state index contributed by atoms with van der Waals surface area (Å²) in [7, 11) is 0. The molecule has 0 aliphatic carbocycles. The second kappa shape index (κ2) is 8.75. The number of hydrogen-bond acceptors (Lipinski definition) is 3. The Morgan fingerprint density at radius 1 is 1.03 bits per heavy atom. The van der Waals surface area contributed by atoms with E-state index < -0.39 is 0 Å². The first-order valence-electron chi connectivity index (χ1n) is 9.06. The van der Waals surface area contributed by atoms with Crippen molar-refractivity contribution in [3.63, 3.8) is 0 Å². The van der Waals surface area contributed by atoms with Crippen LogP contribution in [0.3, 0.4) is 0 Å². The second-order valence-electron chi connectivity index (χ2n) is 6.41. The van der Waals surface area contributed by atoms with Gasteiger partial charge in [0, 0.05) is 27.1 Å². The number of amides is 1. The van der Waals surface area contributed by atoms with Crippen LogP contribution in [0.4, 0.5) is 0 Å². The van der Waals surface area contributed by atoms with Gasteiger partial charge in [0.05, 0.1) is 6.21 Å². The molecule has 0 aliphatic heterocycles. The summed E-state index contributed by atoms with van der Waals surface area (Å²) in [5, 5.41) is 5.04. The summed E-state index contributed by atoms with van der Waals surface area (Å²) in [4.78, 5) is 15.2. The minimum atomic E-state index is -0.325. The lowest BCUT2D eigenvalue weighted by Crippen LogP contribution is -2.24. The number of H-pyrrole nitrogens is 1. The first kappa shape index (κ1) is 19.0. The quantitative estimate of drug-likeness (QED) is 0.317. The Kier molecular flexibility index (Phi) is 5.72. The van der Waals surface area contributed by atoms with Crippen molar-refractivity contribution in [2.24, 2.45) is 5.10 Å². The number of aromatic nitrogens is 1. The number of aromatic amines is 1. The topological polar surface area (TPSA) is 66.5 Å². The summed E-state index contributed by atoms with van der Waals surface area (Å²) >= 11 is 3.46. The van der Waals surface area contributed by atoms with Gasteiger partial charge in [-0.1, -0.05) is 58.4 Å². The van der Waals surface area contributed by atoms with Crippen molar-refractivity contribution in [3.8, 4) is 16.9 Å². The molecule has 3 aromatic carbocycles. The Morgan fingerprint density at radius 2 is 1.79 bits per heavy atom.